The van der Waals surface area contributed by atoms with Crippen LogP contribution in [0.4, 0.5) is 13.2 Å². The molecule has 13 heavy (non-hydrogen) atoms. The van der Waals surface area contributed by atoms with Crippen molar-refractivity contribution in [3.05, 3.63) is 22.6 Å². The van der Waals surface area contributed by atoms with Gasteiger partial charge in [0.25, 0.3) is 0 Å². The van der Waals surface area contributed by atoms with E-state index < -0.39 is 12.2 Å². The SMILES string of the molecule is FC(F)(F)[C@@H](NCl)c1cc(Br)co1. The van der Waals surface area contributed by atoms with Crippen molar-refractivity contribution in [2.24, 2.45) is 0 Å². The lowest BCUT2D eigenvalue weighted by Crippen LogP contribution is -2.28. The minimum atomic E-state index is -4.47. The lowest BCUT2D eigenvalue weighted by molar-refractivity contribution is -0.156. The summed E-state index contributed by atoms with van der Waals surface area (Å²) in [4.78, 5) is 1.60. The van der Waals surface area contributed by atoms with Gasteiger partial charge in [-0.15, -0.1) is 0 Å². The number of hydrogen-bond acceptors (Lipinski definition) is 2. The summed E-state index contributed by atoms with van der Waals surface area (Å²) in [7, 11) is 0. The zero-order valence-electron chi connectivity index (χ0n) is 6.03. The van der Waals surface area contributed by atoms with Crippen molar-refractivity contribution in [2.45, 2.75) is 12.2 Å². The summed E-state index contributed by atoms with van der Waals surface area (Å²) >= 11 is 7.92. The van der Waals surface area contributed by atoms with E-state index in [1.807, 2.05) is 0 Å². The Bertz CT molecular complexity index is 288. The molecule has 0 radical (unpaired) electrons. The van der Waals surface area contributed by atoms with Crippen molar-refractivity contribution in [1.29, 1.82) is 0 Å². The molecule has 0 aliphatic rings. The molecule has 0 saturated heterocycles. The molecule has 7 heteroatoms. The Balaban J connectivity index is 2.91. The third-order valence-corrected chi connectivity index (χ3v) is 1.94. The Labute approximate surface area is 85.3 Å². The summed E-state index contributed by atoms with van der Waals surface area (Å²) in [5.74, 6) is -0.283. The second-order valence-corrected chi connectivity index (χ2v) is 3.38. The van der Waals surface area contributed by atoms with E-state index in [9.17, 15) is 13.2 Å². The Hall–Kier alpha value is -0.200. The molecule has 0 aliphatic heterocycles. The molecule has 0 fully saturated rings. The largest absolute Gasteiger partial charge is 0.466 e. The monoisotopic (exact) mass is 277 g/mol. The van der Waals surface area contributed by atoms with E-state index >= 15 is 0 Å². The maximum absolute atomic E-state index is 12.2. The van der Waals surface area contributed by atoms with E-state index in [1.165, 1.54) is 6.07 Å². The first-order valence-corrected chi connectivity index (χ1v) is 4.29. The Morgan fingerprint density at radius 2 is 2.15 bits per heavy atom. The van der Waals surface area contributed by atoms with Crippen LogP contribution in [-0.4, -0.2) is 6.18 Å². The molecular weight excluding hydrogens is 274 g/mol. The molecule has 1 aromatic rings. The van der Waals surface area contributed by atoms with Crippen molar-refractivity contribution >= 4 is 27.7 Å². The minimum Gasteiger partial charge on any atom is -0.466 e. The first-order valence-electron chi connectivity index (χ1n) is 3.12. The number of nitrogens with one attached hydrogen (secondary N) is 1. The van der Waals surface area contributed by atoms with Crippen LogP contribution >= 0.6 is 27.7 Å². The first-order chi connectivity index (χ1) is 5.95. The summed E-state index contributed by atoms with van der Waals surface area (Å²) in [6, 6.07) is -0.784. The topological polar surface area (TPSA) is 25.2 Å². The van der Waals surface area contributed by atoms with Crippen LogP contribution in [-0.2, 0) is 0 Å². The molecule has 1 rings (SSSR count). The van der Waals surface area contributed by atoms with E-state index in [0.717, 1.165) is 6.26 Å². The van der Waals surface area contributed by atoms with Gasteiger partial charge in [0.1, 0.15) is 12.0 Å². The Morgan fingerprint density at radius 1 is 1.54 bits per heavy atom. The molecule has 2 nitrogen and oxygen atoms in total. The lowest BCUT2D eigenvalue weighted by atomic mass is 10.2. The van der Waals surface area contributed by atoms with Gasteiger partial charge < -0.3 is 4.42 Å². The van der Waals surface area contributed by atoms with E-state index in [0.29, 0.717) is 4.47 Å². The molecule has 1 atom stereocenters. The molecule has 1 aromatic heterocycles. The highest BCUT2D eigenvalue weighted by molar-refractivity contribution is 9.10. The van der Waals surface area contributed by atoms with Crippen molar-refractivity contribution in [3.63, 3.8) is 0 Å². The summed E-state index contributed by atoms with van der Waals surface area (Å²) in [6.45, 7) is 0. The van der Waals surface area contributed by atoms with E-state index in [-0.39, 0.29) is 5.76 Å². The molecule has 0 aliphatic carbocycles. The van der Waals surface area contributed by atoms with Crippen LogP contribution < -0.4 is 4.84 Å². The molecule has 0 spiro atoms. The van der Waals surface area contributed by atoms with Crippen LogP contribution in [0.5, 0.6) is 0 Å². The van der Waals surface area contributed by atoms with Gasteiger partial charge >= 0.3 is 6.18 Å². The fourth-order valence-corrected chi connectivity index (χ4v) is 1.31. The fourth-order valence-electron chi connectivity index (χ4n) is 0.757. The normalized spacial score (nSPS) is 14.5. The van der Waals surface area contributed by atoms with Gasteiger partial charge in [0.2, 0.25) is 0 Å². The minimum absolute atomic E-state index is 0.283. The highest BCUT2D eigenvalue weighted by Crippen LogP contribution is 2.34. The molecule has 0 aromatic carbocycles. The average Bonchev–Trinajstić information content (AvgIpc) is 2.34. The molecule has 1 heterocycles. The van der Waals surface area contributed by atoms with Crippen molar-refractivity contribution < 1.29 is 17.6 Å². The van der Waals surface area contributed by atoms with Crippen molar-refractivity contribution in [3.8, 4) is 0 Å². The van der Waals surface area contributed by atoms with Crippen LogP contribution in [0.25, 0.3) is 0 Å². The summed E-state index contributed by atoms with van der Waals surface area (Å²) in [5.41, 5.74) is 0. The van der Waals surface area contributed by atoms with Crippen LogP contribution in [0, 0.1) is 0 Å². The van der Waals surface area contributed by atoms with Gasteiger partial charge in [-0.25, -0.2) is 4.84 Å². The maximum Gasteiger partial charge on any atom is 0.412 e. The number of alkyl halides is 3. The molecule has 0 amide bonds. The number of hydrogen-bond donors (Lipinski definition) is 1. The lowest BCUT2D eigenvalue weighted by Gasteiger charge is -2.15. The highest BCUT2D eigenvalue weighted by atomic mass is 79.9. The van der Waals surface area contributed by atoms with Gasteiger partial charge in [0, 0.05) is 0 Å². The fraction of sp³-hybridized carbons (Fsp3) is 0.333. The van der Waals surface area contributed by atoms with Crippen molar-refractivity contribution in [1.82, 2.24) is 4.84 Å². The molecule has 0 saturated carbocycles. The molecule has 0 unspecified atom stereocenters. The molecule has 74 valence electrons. The van der Waals surface area contributed by atoms with E-state index in [2.05, 4.69) is 20.3 Å². The van der Waals surface area contributed by atoms with Gasteiger partial charge in [0.15, 0.2) is 6.04 Å². The Morgan fingerprint density at radius 3 is 2.46 bits per heavy atom. The van der Waals surface area contributed by atoms with Crippen LogP contribution in [0.1, 0.15) is 11.8 Å². The highest BCUT2D eigenvalue weighted by Gasteiger charge is 2.42. The van der Waals surface area contributed by atoms with Gasteiger partial charge in [-0.2, -0.15) is 13.2 Å². The van der Waals surface area contributed by atoms with Crippen LogP contribution in [0.2, 0.25) is 0 Å². The van der Waals surface area contributed by atoms with Gasteiger partial charge in [-0.05, 0) is 33.8 Å². The zero-order chi connectivity index (χ0) is 10.1. The maximum atomic E-state index is 12.2. The number of rotatable bonds is 2. The Kier molecular flexibility index (Phi) is 3.26. The molecular formula is C6H4BrClF3NO. The number of halogens is 5. The van der Waals surface area contributed by atoms with Gasteiger partial charge in [-0.3, -0.25) is 0 Å². The van der Waals surface area contributed by atoms with Gasteiger partial charge in [0.05, 0.1) is 4.47 Å². The quantitative estimate of drug-likeness (QED) is 0.839. The average molecular weight is 278 g/mol. The van der Waals surface area contributed by atoms with E-state index in [4.69, 9.17) is 11.8 Å². The first kappa shape index (κ1) is 10.9. The smallest absolute Gasteiger partial charge is 0.412 e. The van der Waals surface area contributed by atoms with Crippen molar-refractivity contribution in [2.75, 3.05) is 0 Å². The molecule has 1 N–H and O–H groups in total. The van der Waals surface area contributed by atoms with Crippen LogP contribution in [0.3, 0.4) is 0 Å². The summed E-state index contributed by atoms with van der Waals surface area (Å²) in [5, 5.41) is 0. The second-order valence-electron chi connectivity index (χ2n) is 2.25. The standard InChI is InChI=1S/C6H4BrClF3NO/c7-3-1-4(13-2-3)5(12-8)6(9,10)11/h1-2,5,12H/t5-/m0/s1. The second kappa shape index (κ2) is 3.89. The van der Waals surface area contributed by atoms with Crippen LogP contribution in [0.15, 0.2) is 21.2 Å². The van der Waals surface area contributed by atoms with Gasteiger partial charge in [-0.1, -0.05) is 0 Å². The number of furan rings is 1. The zero-order valence-corrected chi connectivity index (χ0v) is 8.37. The van der Waals surface area contributed by atoms with E-state index in [1.54, 1.807) is 4.84 Å². The summed E-state index contributed by atoms with van der Waals surface area (Å²) in [6.07, 6.45) is -3.32. The molecule has 0 bridgehead atoms. The third-order valence-electron chi connectivity index (χ3n) is 1.31. The predicted molar refractivity (Wildman–Crippen MR) is 44.2 cm³/mol. The predicted octanol–water partition coefficient (Wildman–Crippen LogP) is 3.39. The summed E-state index contributed by atoms with van der Waals surface area (Å²) < 4.78 is 41.6. The third kappa shape index (κ3) is 2.62.